The van der Waals surface area contributed by atoms with Crippen molar-refractivity contribution in [2.24, 2.45) is 5.10 Å². The number of nitrogens with one attached hydrogen (secondary N) is 1. The Labute approximate surface area is 105 Å². The molecule has 0 spiro atoms. The van der Waals surface area contributed by atoms with E-state index in [0.29, 0.717) is 5.02 Å². The summed E-state index contributed by atoms with van der Waals surface area (Å²) < 4.78 is 0. The van der Waals surface area contributed by atoms with Crippen molar-refractivity contribution in [1.82, 2.24) is 5.43 Å². The minimum Gasteiger partial charge on any atom is -0.268 e. The van der Waals surface area contributed by atoms with Crippen LogP contribution in [0.5, 0.6) is 0 Å². The maximum atomic E-state index is 11.2. The molecule has 88 valence electrons. The molecule has 4 heteroatoms. The van der Waals surface area contributed by atoms with Gasteiger partial charge in [0.05, 0.1) is 6.21 Å². The summed E-state index contributed by atoms with van der Waals surface area (Å²) in [4.78, 5) is 11.2. The van der Waals surface area contributed by atoms with Gasteiger partial charge >= 0.3 is 0 Å². The molecule has 1 amide bonds. The lowest BCUT2D eigenvalue weighted by Crippen LogP contribution is -2.14. The molecular formula is C13H13ClN2O. The van der Waals surface area contributed by atoms with Gasteiger partial charge in [-0.15, -0.1) is 0 Å². The van der Waals surface area contributed by atoms with E-state index in [-0.39, 0.29) is 5.91 Å². The molecule has 0 fully saturated rings. The Balaban J connectivity index is 2.51. The van der Waals surface area contributed by atoms with E-state index in [9.17, 15) is 4.79 Å². The summed E-state index contributed by atoms with van der Waals surface area (Å²) >= 11 is 5.91. The van der Waals surface area contributed by atoms with Crippen molar-refractivity contribution in [2.45, 2.75) is 6.92 Å². The van der Waals surface area contributed by atoms with E-state index in [2.05, 4.69) is 10.5 Å². The van der Waals surface area contributed by atoms with Crippen molar-refractivity contribution < 1.29 is 4.79 Å². The number of carbonyl (C=O) groups is 1. The van der Waals surface area contributed by atoms with E-state index in [1.807, 2.05) is 31.2 Å². The number of nitrogens with zero attached hydrogens (tertiary/aromatic N) is 1. The Morgan fingerprint density at radius 1 is 1.35 bits per heavy atom. The highest BCUT2D eigenvalue weighted by molar-refractivity contribution is 6.33. The van der Waals surface area contributed by atoms with E-state index in [0.717, 1.165) is 5.56 Å². The average Bonchev–Trinajstić information content (AvgIpc) is 2.32. The van der Waals surface area contributed by atoms with Crippen LogP contribution in [0.1, 0.15) is 12.5 Å². The van der Waals surface area contributed by atoms with Crippen LogP contribution in [-0.2, 0) is 4.79 Å². The summed E-state index contributed by atoms with van der Waals surface area (Å²) in [6, 6.07) is 7.25. The lowest BCUT2D eigenvalue weighted by atomic mass is 10.2. The highest BCUT2D eigenvalue weighted by atomic mass is 35.5. The van der Waals surface area contributed by atoms with E-state index in [1.165, 1.54) is 12.3 Å². The minimum atomic E-state index is -0.286. The van der Waals surface area contributed by atoms with E-state index < -0.39 is 0 Å². The van der Waals surface area contributed by atoms with Gasteiger partial charge in [0.2, 0.25) is 0 Å². The molecule has 0 aromatic heterocycles. The molecule has 1 rings (SSSR count). The van der Waals surface area contributed by atoms with Crippen LogP contribution < -0.4 is 5.43 Å². The first-order chi connectivity index (χ1) is 8.24. The molecule has 1 aromatic carbocycles. The molecule has 0 saturated heterocycles. The number of carbonyl (C=O) groups excluding carboxylic acids is 1. The first-order valence-corrected chi connectivity index (χ1v) is 5.48. The summed E-state index contributed by atoms with van der Waals surface area (Å²) in [6.45, 7) is 1.87. The minimum absolute atomic E-state index is 0.286. The van der Waals surface area contributed by atoms with Crippen molar-refractivity contribution in [1.29, 1.82) is 0 Å². The molecule has 0 radical (unpaired) electrons. The van der Waals surface area contributed by atoms with Gasteiger partial charge in [-0.1, -0.05) is 48.0 Å². The Kier molecular flexibility index (Phi) is 5.75. The first-order valence-electron chi connectivity index (χ1n) is 5.11. The van der Waals surface area contributed by atoms with Gasteiger partial charge in [0.25, 0.3) is 5.91 Å². The Hall–Kier alpha value is -1.87. The second kappa shape index (κ2) is 7.41. The largest absolute Gasteiger partial charge is 0.268 e. The van der Waals surface area contributed by atoms with Crippen LogP contribution in [0.2, 0.25) is 5.02 Å². The molecule has 17 heavy (non-hydrogen) atoms. The first kappa shape index (κ1) is 13.2. The Bertz CT molecular complexity index is 464. The summed E-state index contributed by atoms with van der Waals surface area (Å²) in [5.74, 6) is -0.286. The number of amides is 1. The van der Waals surface area contributed by atoms with Crippen LogP contribution >= 0.6 is 11.6 Å². The molecular weight excluding hydrogens is 236 g/mol. The van der Waals surface area contributed by atoms with Crippen LogP contribution in [-0.4, -0.2) is 12.1 Å². The zero-order chi connectivity index (χ0) is 12.5. The molecule has 0 aliphatic heterocycles. The van der Waals surface area contributed by atoms with Crippen molar-refractivity contribution in [3.8, 4) is 0 Å². The topological polar surface area (TPSA) is 41.5 Å². The molecule has 0 saturated carbocycles. The van der Waals surface area contributed by atoms with Crippen LogP contribution in [0.3, 0.4) is 0 Å². The zero-order valence-corrected chi connectivity index (χ0v) is 10.2. The van der Waals surface area contributed by atoms with Gasteiger partial charge in [-0.3, -0.25) is 4.79 Å². The predicted octanol–water partition coefficient (Wildman–Crippen LogP) is 2.92. The molecule has 0 unspecified atom stereocenters. The molecule has 0 bridgehead atoms. The number of allylic oxidation sites excluding steroid dienone is 3. The van der Waals surface area contributed by atoms with E-state index in [4.69, 9.17) is 11.6 Å². The van der Waals surface area contributed by atoms with Crippen molar-refractivity contribution >= 4 is 23.7 Å². The van der Waals surface area contributed by atoms with Crippen LogP contribution in [0.4, 0.5) is 0 Å². The van der Waals surface area contributed by atoms with Gasteiger partial charge < -0.3 is 0 Å². The molecule has 1 N–H and O–H groups in total. The number of benzene rings is 1. The van der Waals surface area contributed by atoms with Gasteiger partial charge in [-0.25, -0.2) is 5.43 Å². The maximum absolute atomic E-state index is 11.2. The lowest BCUT2D eigenvalue weighted by Gasteiger charge is -1.96. The molecule has 0 heterocycles. The van der Waals surface area contributed by atoms with Gasteiger partial charge in [-0.2, -0.15) is 5.10 Å². The predicted molar refractivity (Wildman–Crippen MR) is 71.1 cm³/mol. The lowest BCUT2D eigenvalue weighted by molar-refractivity contribution is -0.116. The van der Waals surface area contributed by atoms with Gasteiger partial charge in [0.15, 0.2) is 0 Å². The highest BCUT2D eigenvalue weighted by Crippen LogP contribution is 2.11. The fourth-order valence-electron chi connectivity index (χ4n) is 1.04. The quantitative estimate of drug-likeness (QED) is 0.379. The number of hydrogen-bond acceptors (Lipinski definition) is 2. The van der Waals surface area contributed by atoms with Crippen LogP contribution in [0.15, 0.2) is 53.7 Å². The standard InChI is InChI=1S/C13H13ClN2O/c1-2-3-4-9-13(17)16-15-10-11-7-5-6-8-12(11)14/h2-10H,1H3,(H,16,17)/b3-2+,9-4+,15-10+. The molecule has 3 nitrogen and oxygen atoms in total. The van der Waals surface area contributed by atoms with E-state index in [1.54, 1.807) is 18.2 Å². The monoisotopic (exact) mass is 248 g/mol. The Morgan fingerprint density at radius 2 is 2.12 bits per heavy atom. The number of hydrogen-bond donors (Lipinski definition) is 1. The third kappa shape index (κ3) is 5.13. The normalized spacial score (nSPS) is 11.6. The summed E-state index contributed by atoms with van der Waals surface area (Å²) in [6.07, 6.45) is 8.13. The number of rotatable bonds is 4. The van der Waals surface area contributed by atoms with Crippen LogP contribution in [0.25, 0.3) is 0 Å². The van der Waals surface area contributed by atoms with Crippen LogP contribution in [0, 0.1) is 0 Å². The number of hydrazone groups is 1. The number of halogens is 1. The van der Waals surface area contributed by atoms with Crippen molar-refractivity contribution in [2.75, 3.05) is 0 Å². The van der Waals surface area contributed by atoms with Crippen molar-refractivity contribution in [3.05, 3.63) is 59.2 Å². The fourth-order valence-corrected chi connectivity index (χ4v) is 1.22. The zero-order valence-electron chi connectivity index (χ0n) is 9.43. The summed E-state index contributed by atoms with van der Waals surface area (Å²) in [7, 11) is 0. The summed E-state index contributed by atoms with van der Waals surface area (Å²) in [5.41, 5.74) is 3.12. The fraction of sp³-hybridized carbons (Fsp3) is 0.0769. The molecule has 0 aliphatic rings. The Morgan fingerprint density at radius 3 is 2.82 bits per heavy atom. The average molecular weight is 249 g/mol. The summed E-state index contributed by atoms with van der Waals surface area (Å²) in [5, 5.41) is 4.39. The third-order valence-electron chi connectivity index (χ3n) is 1.83. The second-order valence-corrected chi connectivity index (χ2v) is 3.55. The molecule has 1 aromatic rings. The van der Waals surface area contributed by atoms with Gasteiger partial charge in [0.1, 0.15) is 0 Å². The molecule has 0 aliphatic carbocycles. The maximum Gasteiger partial charge on any atom is 0.264 e. The van der Waals surface area contributed by atoms with Crippen molar-refractivity contribution in [3.63, 3.8) is 0 Å². The van der Waals surface area contributed by atoms with Gasteiger partial charge in [-0.05, 0) is 13.0 Å². The SMILES string of the molecule is C/C=C/C=C/C(=O)N/N=C/c1ccccc1Cl. The highest BCUT2D eigenvalue weighted by Gasteiger charge is 1.94. The molecule has 0 atom stereocenters. The van der Waals surface area contributed by atoms with Gasteiger partial charge in [0, 0.05) is 16.7 Å². The smallest absolute Gasteiger partial charge is 0.264 e. The third-order valence-corrected chi connectivity index (χ3v) is 2.18. The second-order valence-electron chi connectivity index (χ2n) is 3.14. The van der Waals surface area contributed by atoms with E-state index >= 15 is 0 Å².